The van der Waals surface area contributed by atoms with Crippen molar-refractivity contribution in [2.45, 2.75) is 46.2 Å². The maximum absolute atomic E-state index is 11.6. The molecule has 1 aliphatic rings. The van der Waals surface area contributed by atoms with Gasteiger partial charge in [-0.25, -0.2) is 0 Å². The van der Waals surface area contributed by atoms with Crippen molar-refractivity contribution in [2.24, 2.45) is 5.41 Å². The third kappa shape index (κ3) is 3.68. The quantitative estimate of drug-likeness (QED) is 0.754. The largest absolute Gasteiger partial charge is 0.469 e. The second-order valence-corrected chi connectivity index (χ2v) is 5.64. The Balaban J connectivity index is 2.47. The van der Waals surface area contributed by atoms with Crippen LogP contribution in [0.2, 0.25) is 0 Å². The summed E-state index contributed by atoms with van der Waals surface area (Å²) in [5.74, 6) is -0.117. The van der Waals surface area contributed by atoms with Crippen LogP contribution in [0.1, 0.15) is 34.1 Å². The molecular formula is C13H26N2O2. The standard InChI is InChI=1S/C13H26N2O2/c1-10-11(2)15(9-7-14-10)8-6-13(3,4)12(16)17-5/h10-11,14H,6-9H2,1-5H3. The molecule has 17 heavy (non-hydrogen) atoms. The van der Waals surface area contributed by atoms with Crippen molar-refractivity contribution < 1.29 is 9.53 Å². The Bertz CT molecular complexity index is 266. The van der Waals surface area contributed by atoms with E-state index in [4.69, 9.17) is 4.74 Å². The fourth-order valence-electron chi connectivity index (χ4n) is 2.24. The topological polar surface area (TPSA) is 41.6 Å². The predicted molar refractivity (Wildman–Crippen MR) is 68.9 cm³/mol. The van der Waals surface area contributed by atoms with Crippen LogP contribution in [0.25, 0.3) is 0 Å². The first-order chi connectivity index (χ1) is 7.88. The Morgan fingerprint density at radius 3 is 2.71 bits per heavy atom. The molecule has 0 amide bonds. The molecule has 1 saturated heterocycles. The van der Waals surface area contributed by atoms with Crippen molar-refractivity contribution in [3.05, 3.63) is 0 Å². The molecule has 0 aromatic carbocycles. The molecule has 0 bridgehead atoms. The summed E-state index contributed by atoms with van der Waals surface area (Å²) in [7, 11) is 1.46. The maximum Gasteiger partial charge on any atom is 0.311 e. The summed E-state index contributed by atoms with van der Waals surface area (Å²) in [4.78, 5) is 14.0. The van der Waals surface area contributed by atoms with E-state index in [1.54, 1.807) is 0 Å². The molecule has 2 atom stereocenters. The minimum absolute atomic E-state index is 0.117. The molecule has 0 aliphatic carbocycles. The normalized spacial score (nSPS) is 26.9. The van der Waals surface area contributed by atoms with Gasteiger partial charge >= 0.3 is 5.97 Å². The van der Waals surface area contributed by atoms with Gasteiger partial charge in [0.1, 0.15) is 0 Å². The van der Waals surface area contributed by atoms with Crippen LogP contribution in [0.5, 0.6) is 0 Å². The fourth-order valence-corrected chi connectivity index (χ4v) is 2.24. The van der Waals surface area contributed by atoms with E-state index in [0.717, 1.165) is 26.1 Å². The summed E-state index contributed by atoms with van der Waals surface area (Å²) in [5.41, 5.74) is -0.386. The number of hydrogen-bond acceptors (Lipinski definition) is 4. The molecular weight excluding hydrogens is 216 g/mol. The summed E-state index contributed by atoms with van der Waals surface area (Å²) in [5, 5.41) is 3.46. The molecule has 0 saturated carbocycles. The van der Waals surface area contributed by atoms with Crippen LogP contribution < -0.4 is 5.32 Å². The number of esters is 1. The van der Waals surface area contributed by atoms with E-state index in [0.29, 0.717) is 12.1 Å². The van der Waals surface area contributed by atoms with Crippen LogP contribution in [-0.4, -0.2) is 49.7 Å². The highest BCUT2D eigenvalue weighted by molar-refractivity contribution is 5.75. The molecule has 1 N–H and O–H groups in total. The lowest BCUT2D eigenvalue weighted by atomic mass is 9.89. The van der Waals surface area contributed by atoms with Crippen LogP contribution in [0.4, 0.5) is 0 Å². The van der Waals surface area contributed by atoms with Gasteiger partial charge in [-0.15, -0.1) is 0 Å². The van der Waals surface area contributed by atoms with Crippen LogP contribution >= 0.6 is 0 Å². The Morgan fingerprint density at radius 2 is 2.12 bits per heavy atom. The Hall–Kier alpha value is -0.610. The predicted octanol–water partition coefficient (Wildman–Crippen LogP) is 1.26. The molecule has 4 nitrogen and oxygen atoms in total. The number of carbonyl (C=O) groups excluding carboxylic acids is 1. The van der Waals surface area contributed by atoms with Gasteiger partial charge in [-0.05, 0) is 40.7 Å². The summed E-state index contributed by atoms with van der Waals surface area (Å²) < 4.78 is 4.83. The van der Waals surface area contributed by atoms with Gasteiger partial charge in [0.25, 0.3) is 0 Å². The third-order valence-electron chi connectivity index (χ3n) is 3.93. The molecule has 0 spiro atoms. The Labute approximate surface area is 105 Å². The van der Waals surface area contributed by atoms with E-state index in [-0.39, 0.29) is 11.4 Å². The summed E-state index contributed by atoms with van der Waals surface area (Å²) in [6.45, 7) is 11.4. The highest BCUT2D eigenvalue weighted by Crippen LogP contribution is 2.23. The first-order valence-electron chi connectivity index (χ1n) is 6.44. The first kappa shape index (κ1) is 14.5. The number of nitrogens with zero attached hydrogens (tertiary/aromatic N) is 1. The summed E-state index contributed by atoms with van der Waals surface area (Å²) >= 11 is 0. The smallest absolute Gasteiger partial charge is 0.311 e. The van der Waals surface area contributed by atoms with Crippen molar-refractivity contribution in [3.63, 3.8) is 0 Å². The van der Waals surface area contributed by atoms with Gasteiger partial charge in [0.15, 0.2) is 0 Å². The number of rotatable bonds is 4. The molecule has 2 unspecified atom stereocenters. The second kappa shape index (κ2) is 5.83. The lowest BCUT2D eigenvalue weighted by Crippen LogP contribution is -2.55. The van der Waals surface area contributed by atoms with E-state index in [1.165, 1.54) is 7.11 Å². The van der Waals surface area contributed by atoms with E-state index in [9.17, 15) is 4.79 Å². The zero-order valence-corrected chi connectivity index (χ0v) is 11.7. The molecule has 4 heteroatoms. The van der Waals surface area contributed by atoms with E-state index < -0.39 is 0 Å². The van der Waals surface area contributed by atoms with Gasteiger partial charge in [-0.1, -0.05) is 0 Å². The Morgan fingerprint density at radius 1 is 1.47 bits per heavy atom. The third-order valence-corrected chi connectivity index (χ3v) is 3.93. The van der Waals surface area contributed by atoms with E-state index in [1.807, 2.05) is 13.8 Å². The molecule has 100 valence electrons. The van der Waals surface area contributed by atoms with Crippen LogP contribution in [0, 0.1) is 5.41 Å². The number of nitrogens with one attached hydrogen (secondary N) is 1. The van der Waals surface area contributed by atoms with Crippen molar-refractivity contribution in [1.82, 2.24) is 10.2 Å². The molecule has 1 heterocycles. The first-order valence-corrected chi connectivity index (χ1v) is 6.44. The molecule has 1 aliphatic heterocycles. The molecule has 1 fully saturated rings. The van der Waals surface area contributed by atoms with E-state index in [2.05, 4.69) is 24.1 Å². The van der Waals surface area contributed by atoms with E-state index >= 15 is 0 Å². The minimum Gasteiger partial charge on any atom is -0.469 e. The van der Waals surface area contributed by atoms with Crippen molar-refractivity contribution in [2.75, 3.05) is 26.7 Å². The number of hydrogen-bond donors (Lipinski definition) is 1. The minimum atomic E-state index is -0.386. The van der Waals surface area contributed by atoms with Gasteiger partial charge in [0, 0.05) is 25.2 Å². The van der Waals surface area contributed by atoms with Crippen molar-refractivity contribution in [1.29, 1.82) is 0 Å². The molecule has 0 radical (unpaired) electrons. The monoisotopic (exact) mass is 242 g/mol. The molecule has 0 aromatic heterocycles. The number of methoxy groups -OCH3 is 1. The zero-order valence-electron chi connectivity index (χ0n) is 11.7. The van der Waals surface area contributed by atoms with Crippen LogP contribution in [0.3, 0.4) is 0 Å². The SMILES string of the molecule is COC(=O)C(C)(C)CCN1CCNC(C)C1C. The second-order valence-electron chi connectivity index (χ2n) is 5.64. The number of piperazine rings is 1. The van der Waals surface area contributed by atoms with Crippen molar-refractivity contribution >= 4 is 5.97 Å². The summed E-state index contributed by atoms with van der Waals surface area (Å²) in [6.07, 6.45) is 0.844. The van der Waals surface area contributed by atoms with Crippen LogP contribution in [0.15, 0.2) is 0 Å². The molecule has 1 rings (SSSR count). The van der Waals surface area contributed by atoms with Gasteiger partial charge < -0.3 is 10.1 Å². The van der Waals surface area contributed by atoms with Gasteiger partial charge in [0.2, 0.25) is 0 Å². The van der Waals surface area contributed by atoms with Gasteiger partial charge in [-0.2, -0.15) is 0 Å². The average Bonchev–Trinajstić information content (AvgIpc) is 2.30. The highest BCUT2D eigenvalue weighted by atomic mass is 16.5. The lowest BCUT2D eigenvalue weighted by molar-refractivity contribution is -0.151. The highest BCUT2D eigenvalue weighted by Gasteiger charge is 2.31. The molecule has 0 aromatic rings. The maximum atomic E-state index is 11.6. The fraction of sp³-hybridized carbons (Fsp3) is 0.923. The van der Waals surface area contributed by atoms with Gasteiger partial charge in [0.05, 0.1) is 12.5 Å². The number of ether oxygens (including phenoxy) is 1. The number of carbonyl (C=O) groups is 1. The zero-order chi connectivity index (χ0) is 13.1. The Kier molecular flexibility index (Phi) is 4.95. The van der Waals surface area contributed by atoms with Crippen molar-refractivity contribution in [3.8, 4) is 0 Å². The lowest BCUT2D eigenvalue weighted by Gasteiger charge is -2.39. The van der Waals surface area contributed by atoms with Gasteiger partial charge in [-0.3, -0.25) is 9.69 Å². The van der Waals surface area contributed by atoms with Crippen LogP contribution in [-0.2, 0) is 9.53 Å². The average molecular weight is 242 g/mol. The summed E-state index contributed by atoms with van der Waals surface area (Å²) in [6, 6.07) is 1.04.